The zero-order chi connectivity index (χ0) is 19.8. The van der Waals surface area contributed by atoms with E-state index in [1.54, 1.807) is 4.52 Å². The molecule has 6 nitrogen and oxygen atoms in total. The van der Waals surface area contributed by atoms with Crippen molar-refractivity contribution < 1.29 is 4.74 Å². The zero-order valence-electron chi connectivity index (χ0n) is 17.0. The van der Waals surface area contributed by atoms with Crippen molar-refractivity contribution in [1.29, 1.82) is 0 Å². The second-order valence-corrected chi connectivity index (χ2v) is 8.06. The van der Waals surface area contributed by atoms with Crippen LogP contribution in [0.5, 0.6) is 5.75 Å². The summed E-state index contributed by atoms with van der Waals surface area (Å²) < 4.78 is 7.29. The van der Waals surface area contributed by atoms with Gasteiger partial charge in [-0.1, -0.05) is 12.1 Å². The third kappa shape index (κ3) is 3.69. The third-order valence-electron chi connectivity index (χ3n) is 5.52. The van der Waals surface area contributed by atoms with E-state index in [-0.39, 0.29) is 11.7 Å². The molecule has 3 heterocycles. The molecular formula is C22H28N4O2. The van der Waals surface area contributed by atoms with E-state index in [0.29, 0.717) is 17.1 Å². The Morgan fingerprint density at radius 3 is 2.71 bits per heavy atom. The van der Waals surface area contributed by atoms with Crippen LogP contribution in [-0.2, 0) is 6.54 Å². The minimum absolute atomic E-state index is 0.00712. The summed E-state index contributed by atoms with van der Waals surface area (Å²) in [7, 11) is 0. The van der Waals surface area contributed by atoms with Crippen LogP contribution in [0.25, 0.3) is 5.65 Å². The molecule has 1 saturated heterocycles. The van der Waals surface area contributed by atoms with E-state index in [4.69, 9.17) is 4.74 Å². The van der Waals surface area contributed by atoms with Gasteiger partial charge >= 0.3 is 0 Å². The van der Waals surface area contributed by atoms with Crippen LogP contribution in [0.4, 0.5) is 0 Å². The summed E-state index contributed by atoms with van der Waals surface area (Å²) >= 11 is 0. The molecule has 0 saturated carbocycles. The molecule has 0 amide bonds. The smallest absolute Gasteiger partial charge is 0.275 e. The van der Waals surface area contributed by atoms with Gasteiger partial charge in [0.1, 0.15) is 5.75 Å². The number of nitrogens with zero attached hydrogens (tertiary/aromatic N) is 3. The first-order valence-corrected chi connectivity index (χ1v) is 9.97. The maximum atomic E-state index is 12.4. The lowest BCUT2D eigenvalue weighted by Gasteiger charge is -2.16. The van der Waals surface area contributed by atoms with Gasteiger partial charge in [-0.25, -0.2) is 9.50 Å². The van der Waals surface area contributed by atoms with Crippen LogP contribution >= 0.6 is 0 Å². The molecule has 1 fully saturated rings. The third-order valence-corrected chi connectivity index (χ3v) is 5.52. The van der Waals surface area contributed by atoms with Crippen molar-refractivity contribution in [2.45, 2.75) is 52.7 Å². The minimum atomic E-state index is -0.00712. The average molecular weight is 380 g/mol. The summed E-state index contributed by atoms with van der Waals surface area (Å²) in [5.74, 6) is 1.31. The van der Waals surface area contributed by atoms with Crippen LogP contribution in [0.15, 0.2) is 35.1 Å². The first kappa shape index (κ1) is 18.7. The monoisotopic (exact) mass is 380 g/mol. The number of H-pyrrole nitrogens is 1. The summed E-state index contributed by atoms with van der Waals surface area (Å²) in [5, 5.41) is 3.28. The molecule has 1 atom stereocenters. The zero-order valence-corrected chi connectivity index (χ0v) is 17.0. The maximum Gasteiger partial charge on any atom is 0.275 e. The molecule has 0 radical (unpaired) electrons. The van der Waals surface area contributed by atoms with Crippen LogP contribution in [0.1, 0.15) is 48.7 Å². The number of ether oxygens (including phenoxy) is 1. The van der Waals surface area contributed by atoms with Crippen LogP contribution < -0.4 is 10.3 Å². The van der Waals surface area contributed by atoms with Gasteiger partial charge in [-0.15, -0.1) is 0 Å². The summed E-state index contributed by atoms with van der Waals surface area (Å²) in [5.41, 5.74) is 4.59. The molecule has 6 heteroatoms. The van der Waals surface area contributed by atoms with E-state index >= 15 is 0 Å². The highest BCUT2D eigenvalue weighted by Crippen LogP contribution is 2.28. The van der Waals surface area contributed by atoms with Crippen LogP contribution in [-0.4, -0.2) is 38.7 Å². The van der Waals surface area contributed by atoms with Gasteiger partial charge in [-0.3, -0.25) is 14.8 Å². The normalized spacial score (nSPS) is 17.7. The Balaban J connectivity index is 1.45. The maximum absolute atomic E-state index is 12.4. The summed E-state index contributed by atoms with van der Waals surface area (Å²) in [6, 6.07) is 10.4. The van der Waals surface area contributed by atoms with E-state index in [0.717, 1.165) is 43.2 Å². The van der Waals surface area contributed by atoms with Gasteiger partial charge in [0.15, 0.2) is 5.65 Å². The van der Waals surface area contributed by atoms with Gasteiger partial charge in [-0.2, -0.15) is 0 Å². The number of aromatic nitrogens is 3. The molecule has 4 rings (SSSR count). The van der Waals surface area contributed by atoms with Gasteiger partial charge in [0.25, 0.3) is 5.56 Å². The Hall–Kier alpha value is -2.60. The van der Waals surface area contributed by atoms with E-state index < -0.39 is 0 Å². The molecule has 1 aliphatic rings. The van der Waals surface area contributed by atoms with Crippen molar-refractivity contribution in [3.05, 3.63) is 63.2 Å². The highest BCUT2D eigenvalue weighted by atomic mass is 16.5. The minimum Gasteiger partial charge on any atom is -0.491 e. The lowest BCUT2D eigenvalue weighted by Crippen LogP contribution is -2.20. The topological polar surface area (TPSA) is 62.6 Å². The SMILES string of the molecule is Cc1nc2cc(C3CCN(Cc4ccc(OC(C)C)cc4)C3)[nH]n2c(=O)c1C. The Bertz CT molecular complexity index is 1030. The quantitative estimate of drug-likeness (QED) is 0.737. The largest absolute Gasteiger partial charge is 0.491 e. The molecule has 1 unspecified atom stereocenters. The van der Waals surface area contributed by atoms with Crippen molar-refractivity contribution in [3.8, 4) is 5.75 Å². The average Bonchev–Trinajstić information content (AvgIpc) is 3.28. The highest BCUT2D eigenvalue weighted by molar-refractivity contribution is 5.42. The molecule has 1 aliphatic heterocycles. The number of aryl methyl sites for hydroxylation is 1. The number of likely N-dealkylation sites (tertiary alicyclic amines) is 1. The van der Waals surface area contributed by atoms with E-state index in [2.05, 4.69) is 27.1 Å². The molecule has 2 aromatic heterocycles. The molecule has 0 bridgehead atoms. The van der Waals surface area contributed by atoms with E-state index in [1.165, 1.54) is 5.56 Å². The lowest BCUT2D eigenvalue weighted by molar-refractivity contribution is 0.242. The second-order valence-electron chi connectivity index (χ2n) is 8.06. The van der Waals surface area contributed by atoms with Crippen molar-refractivity contribution in [1.82, 2.24) is 19.5 Å². The number of rotatable bonds is 5. The highest BCUT2D eigenvalue weighted by Gasteiger charge is 2.26. The number of hydrogen-bond acceptors (Lipinski definition) is 4. The van der Waals surface area contributed by atoms with Crippen molar-refractivity contribution >= 4 is 5.65 Å². The van der Waals surface area contributed by atoms with E-state index in [1.807, 2.05) is 45.9 Å². The van der Waals surface area contributed by atoms with Gasteiger partial charge < -0.3 is 4.74 Å². The van der Waals surface area contributed by atoms with Crippen molar-refractivity contribution in [3.63, 3.8) is 0 Å². The number of hydrogen-bond donors (Lipinski definition) is 1. The summed E-state index contributed by atoms with van der Waals surface area (Å²) in [6.07, 6.45) is 1.27. The standard InChI is InChI=1S/C22H28N4O2/c1-14(2)28-19-7-5-17(6-8-19)12-25-10-9-18(13-25)20-11-21-23-16(4)15(3)22(27)26(21)24-20/h5-8,11,14,18,24H,9-10,12-13H2,1-4H3. The van der Waals surface area contributed by atoms with Crippen LogP contribution in [0, 0.1) is 13.8 Å². The second kappa shape index (κ2) is 7.43. The lowest BCUT2D eigenvalue weighted by atomic mass is 10.1. The Kier molecular flexibility index (Phi) is 4.98. The molecule has 3 aromatic rings. The predicted molar refractivity (Wildman–Crippen MR) is 110 cm³/mol. The van der Waals surface area contributed by atoms with Crippen molar-refractivity contribution in [2.24, 2.45) is 0 Å². The fourth-order valence-corrected chi connectivity index (χ4v) is 3.88. The molecular weight excluding hydrogens is 352 g/mol. The number of benzene rings is 1. The molecule has 1 N–H and O–H groups in total. The molecule has 148 valence electrons. The predicted octanol–water partition coefficient (Wildman–Crippen LogP) is 3.42. The molecule has 0 aliphatic carbocycles. The Morgan fingerprint density at radius 1 is 1.25 bits per heavy atom. The Labute approximate surface area is 165 Å². The molecule has 1 aromatic carbocycles. The fourth-order valence-electron chi connectivity index (χ4n) is 3.88. The van der Waals surface area contributed by atoms with Gasteiger partial charge in [0.05, 0.1) is 6.10 Å². The van der Waals surface area contributed by atoms with Crippen molar-refractivity contribution in [2.75, 3.05) is 13.1 Å². The van der Waals surface area contributed by atoms with E-state index in [9.17, 15) is 4.79 Å². The van der Waals surface area contributed by atoms with Crippen LogP contribution in [0.2, 0.25) is 0 Å². The number of aromatic amines is 1. The number of nitrogens with one attached hydrogen (secondary N) is 1. The summed E-state index contributed by atoms with van der Waals surface area (Å²) in [4.78, 5) is 19.5. The van der Waals surface area contributed by atoms with Gasteiger partial charge in [-0.05, 0) is 58.4 Å². The van der Waals surface area contributed by atoms with Crippen LogP contribution in [0.3, 0.4) is 0 Å². The molecule has 0 spiro atoms. The first-order chi connectivity index (χ1) is 13.4. The van der Waals surface area contributed by atoms with Gasteiger partial charge in [0.2, 0.25) is 0 Å². The first-order valence-electron chi connectivity index (χ1n) is 9.97. The Morgan fingerprint density at radius 2 is 2.00 bits per heavy atom. The molecule has 28 heavy (non-hydrogen) atoms. The summed E-state index contributed by atoms with van der Waals surface area (Å²) in [6.45, 7) is 10.7. The fraction of sp³-hybridized carbons (Fsp3) is 0.455. The van der Waals surface area contributed by atoms with Gasteiger partial charge in [0, 0.05) is 42.0 Å². The number of fused-ring (bicyclic) bond motifs is 1.